The van der Waals surface area contributed by atoms with Crippen LogP contribution < -0.4 is 11.1 Å². The van der Waals surface area contributed by atoms with Crippen LogP contribution >= 0.6 is 0 Å². The van der Waals surface area contributed by atoms with Crippen LogP contribution in [0, 0.1) is 0 Å². The van der Waals surface area contributed by atoms with Crippen LogP contribution in [0.25, 0.3) is 0 Å². The van der Waals surface area contributed by atoms with E-state index in [4.69, 9.17) is 5.73 Å². The molecule has 1 atom stereocenters. The van der Waals surface area contributed by atoms with Gasteiger partial charge in [-0.2, -0.15) is 0 Å². The van der Waals surface area contributed by atoms with E-state index in [1.54, 1.807) is 12.4 Å². The van der Waals surface area contributed by atoms with Crippen molar-refractivity contribution in [3.05, 3.63) is 30.1 Å². The highest BCUT2D eigenvalue weighted by atomic mass is 16.2. The maximum absolute atomic E-state index is 12.3. The molecule has 3 N–H and O–H groups in total. The topological polar surface area (TPSA) is 68.0 Å². The lowest BCUT2D eigenvalue weighted by atomic mass is 9.95. The number of carbonyl (C=O) groups excluding carboxylic acids is 1. The Morgan fingerprint density at radius 1 is 1.56 bits per heavy atom. The molecule has 0 spiro atoms. The molecule has 0 saturated heterocycles. The summed E-state index contributed by atoms with van der Waals surface area (Å²) in [5, 5.41) is 3.15. The highest BCUT2D eigenvalue weighted by Gasteiger charge is 2.35. The number of hydrogen-bond acceptors (Lipinski definition) is 3. The zero-order chi connectivity index (χ0) is 13.0. The second kappa shape index (κ2) is 5.48. The number of hydrogen-bond donors (Lipinski definition) is 2. The number of carbonyl (C=O) groups is 1. The van der Waals surface area contributed by atoms with Crippen molar-refractivity contribution in [2.24, 2.45) is 5.73 Å². The van der Waals surface area contributed by atoms with Gasteiger partial charge >= 0.3 is 0 Å². The number of nitrogens with one attached hydrogen (secondary N) is 1. The first-order chi connectivity index (χ1) is 8.67. The molecule has 1 aliphatic carbocycles. The van der Waals surface area contributed by atoms with Gasteiger partial charge in [0, 0.05) is 18.9 Å². The van der Waals surface area contributed by atoms with Gasteiger partial charge in [0.1, 0.15) is 0 Å². The smallest absolute Gasteiger partial charge is 0.227 e. The van der Waals surface area contributed by atoms with Gasteiger partial charge < -0.3 is 11.1 Å². The maximum Gasteiger partial charge on any atom is 0.227 e. The molecule has 4 nitrogen and oxygen atoms in total. The molecule has 0 aliphatic heterocycles. The monoisotopic (exact) mass is 247 g/mol. The third-order valence-electron chi connectivity index (χ3n) is 3.92. The van der Waals surface area contributed by atoms with Crippen molar-refractivity contribution < 1.29 is 4.79 Å². The number of nitrogens with zero attached hydrogens (tertiary/aromatic N) is 1. The van der Waals surface area contributed by atoms with Gasteiger partial charge in [-0.3, -0.25) is 9.78 Å². The fourth-order valence-electron chi connectivity index (χ4n) is 2.59. The summed E-state index contributed by atoms with van der Waals surface area (Å²) >= 11 is 0. The van der Waals surface area contributed by atoms with Gasteiger partial charge in [0.2, 0.25) is 5.91 Å². The molecule has 1 heterocycles. The summed E-state index contributed by atoms with van der Waals surface area (Å²) < 4.78 is 0. The van der Waals surface area contributed by atoms with Crippen molar-refractivity contribution in [3.8, 4) is 0 Å². The fraction of sp³-hybridized carbons (Fsp3) is 0.571. The maximum atomic E-state index is 12.3. The van der Waals surface area contributed by atoms with E-state index in [-0.39, 0.29) is 17.4 Å². The predicted octanol–water partition coefficient (Wildman–Crippen LogP) is 1.57. The third kappa shape index (κ3) is 2.70. The van der Waals surface area contributed by atoms with Crippen LogP contribution in [0.15, 0.2) is 24.5 Å². The summed E-state index contributed by atoms with van der Waals surface area (Å²) in [6.07, 6.45) is 7.75. The summed E-state index contributed by atoms with van der Waals surface area (Å²) in [6.45, 7) is 2.43. The Morgan fingerprint density at radius 2 is 2.28 bits per heavy atom. The highest BCUT2D eigenvalue weighted by molar-refractivity contribution is 5.83. The lowest BCUT2D eigenvalue weighted by Crippen LogP contribution is -2.52. The van der Waals surface area contributed by atoms with Gasteiger partial charge in [-0.15, -0.1) is 0 Å². The van der Waals surface area contributed by atoms with Crippen molar-refractivity contribution in [1.29, 1.82) is 0 Å². The Bertz CT molecular complexity index is 399. The van der Waals surface area contributed by atoms with E-state index < -0.39 is 0 Å². The van der Waals surface area contributed by atoms with Crippen molar-refractivity contribution in [2.75, 3.05) is 6.54 Å². The fourth-order valence-corrected chi connectivity index (χ4v) is 2.59. The quantitative estimate of drug-likeness (QED) is 0.848. The number of amides is 1. The molecule has 1 aromatic rings. The second-order valence-electron chi connectivity index (χ2n) is 5.19. The van der Waals surface area contributed by atoms with Crippen LogP contribution in [0.3, 0.4) is 0 Å². The summed E-state index contributed by atoms with van der Waals surface area (Å²) in [5.74, 6) is -0.127. The van der Waals surface area contributed by atoms with Crippen molar-refractivity contribution in [2.45, 2.75) is 44.1 Å². The first-order valence-corrected chi connectivity index (χ1v) is 6.59. The molecule has 1 fully saturated rings. The minimum Gasteiger partial charge on any atom is -0.349 e. The molecule has 1 saturated carbocycles. The molecular weight excluding hydrogens is 226 g/mol. The molecular formula is C14H21N3O. The van der Waals surface area contributed by atoms with Crippen molar-refractivity contribution in [1.82, 2.24) is 10.3 Å². The normalized spacial score (nSPS) is 19.4. The zero-order valence-corrected chi connectivity index (χ0v) is 10.9. The number of pyridine rings is 1. The van der Waals surface area contributed by atoms with E-state index in [1.165, 1.54) is 0 Å². The van der Waals surface area contributed by atoms with E-state index in [0.29, 0.717) is 6.54 Å². The SMILES string of the molecule is CC(C(=O)NC1(CN)CCCC1)c1cccnc1. The molecule has 1 aromatic heterocycles. The predicted molar refractivity (Wildman–Crippen MR) is 71.0 cm³/mol. The van der Waals surface area contributed by atoms with Crippen LogP contribution in [0.4, 0.5) is 0 Å². The molecule has 4 heteroatoms. The molecule has 1 aliphatic rings. The Morgan fingerprint density at radius 3 is 2.83 bits per heavy atom. The summed E-state index contributed by atoms with van der Waals surface area (Å²) in [6, 6.07) is 3.79. The van der Waals surface area contributed by atoms with E-state index in [0.717, 1.165) is 31.2 Å². The molecule has 98 valence electrons. The first-order valence-electron chi connectivity index (χ1n) is 6.59. The summed E-state index contributed by atoms with van der Waals surface area (Å²) in [4.78, 5) is 16.3. The Hall–Kier alpha value is -1.42. The van der Waals surface area contributed by atoms with E-state index in [1.807, 2.05) is 19.1 Å². The summed E-state index contributed by atoms with van der Waals surface area (Å²) in [5.41, 5.74) is 6.60. The molecule has 1 unspecified atom stereocenters. The van der Waals surface area contributed by atoms with Gasteiger partial charge in [-0.05, 0) is 31.4 Å². The van der Waals surface area contributed by atoms with Gasteiger partial charge in [0.25, 0.3) is 0 Å². The van der Waals surface area contributed by atoms with Gasteiger partial charge in [0.15, 0.2) is 0 Å². The van der Waals surface area contributed by atoms with Crippen molar-refractivity contribution in [3.63, 3.8) is 0 Å². The number of rotatable bonds is 4. The van der Waals surface area contributed by atoms with Gasteiger partial charge in [0.05, 0.1) is 11.5 Å². The molecule has 0 bridgehead atoms. The van der Waals surface area contributed by atoms with Crippen LogP contribution in [0.2, 0.25) is 0 Å². The third-order valence-corrected chi connectivity index (χ3v) is 3.92. The number of nitrogens with two attached hydrogens (primary N) is 1. The lowest BCUT2D eigenvalue weighted by molar-refractivity contribution is -0.124. The van der Waals surface area contributed by atoms with Crippen LogP contribution in [-0.2, 0) is 4.79 Å². The van der Waals surface area contributed by atoms with E-state index in [9.17, 15) is 4.79 Å². The highest BCUT2D eigenvalue weighted by Crippen LogP contribution is 2.29. The standard InChI is InChI=1S/C14H21N3O/c1-11(12-5-4-8-16-9-12)13(18)17-14(10-15)6-2-3-7-14/h4-5,8-9,11H,2-3,6-7,10,15H2,1H3,(H,17,18). The van der Waals surface area contributed by atoms with Crippen LogP contribution in [-0.4, -0.2) is 23.0 Å². The second-order valence-corrected chi connectivity index (χ2v) is 5.19. The largest absolute Gasteiger partial charge is 0.349 e. The lowest BCUT2D eigenvalue weighted by Gasteiger charge is -2.30. The van der Waals surface area contributed by atoms with Gasteiger partial charge in [-0.25, -0.2) is 0 Å². The number of aromatic nitrogens is 1. The molecule has 0 radical (unpaired) electrons. The first kappa shape index (κ1) is 13.0. The minimum atomic E-state index is -0.178. The van der Waals surface area contributed by atoms with E-state index in [2.05, 4.69) is 10.3 Å². The van der Waals surface area contributed by atoms with Crippen LogP contribution in [0.5, 0.6) is 0 Å². The van der Waals surface area contributed by atoms with E-state index >= 15 is 0 Å². The van der Waals surface area contributed by atoms with Gasteiger partial charge in [-0.1, -0.05) is 18.9 Å². The zero-order valence-electron chi connectivity index (χ0n) is 10.9. The summed E-state index contributed by atoms with van der Waals surface area (Å²) in [7, 11) is 0. The Kier molecular flexibility index (Phi) is 3.97. The average molecular weight is 247 g/mol. The molecule has 2 rings (SSSR count). The van der Waals surface area contributed by atoms with Crippen molar-refractivity contribution >= 4 is 5.91 Å². The minimum absolute atomic E-state index is 0.0513. The molecule has 1 amide bonds. The molecule has 0 aromatic carbocycles. The molecule has 18 heavy (non-hydrogen) atoms. The Balaban J connectivity index is 2.03. The average Bonchev–Trinajstić information content (AvgIpc) is 2.88. The van der Waals surface area contributed by atoms with Crippen LogP contribution in [0.1, 0.15) is 44.1 Å². The Labute approximate surface area is 108 Å².